The maximum absolute atomic E-state index is 12.5. The Morgan fingerprint density at radius 1 is 1.00 bits per heavy atom. The van der Waals surface area contributed by atoms with Crippen molar-refractivity contribution in [3.05, 3.63) is 52.0 Å². The zero-order chi connectivity index (χ0) is 20.9. The third-order valence-corrected chi connectivity index (χ3v) is 5.79. The molecule has 0 unspecified atom stereocenters. The summed E-state index contributed by atoms with van der Waals surface area (Å²) in [4.78, 5) is 16.8. The molecule has 0 atom stereocenters. The van der Waals surface area contributed by atoms with Crippen molar-refractivity contribution < 1.29 is 19.0 Å². The van der Waals surface area contributed by atoms with E-state index in [2.05, 4.69) is 11.0 Å². The second-order valence-electron chi connectivity index (χ2n) is 7.37. The molecular weight excluding hydrogens is 463 g/mol. The van der Waals surface area contributed by atoms with E-state index in [-0.39, 0.29) is 25.1 Å². The number of hydrogen-bond donors (Lipinski definition) is 0. The van der Waals surface area contributed by atoms with E-state index in [0.29, 0.717) is 35.2 Å². The highest BCUT2D eigenvalue weighted by Crippen LogP contribution is 2.33. The van der Waals surface area contributed by atoms with Gasteiger partial charge in [0.05, 0.1) is 11.6 Å². The fourth-order valence-corrected chi connectivity index (χ4v) is 4.07. The zero-order valence-electron chi connectivity index (χ0n) is 17.0. The van der Waals surface area contributed by atoms with E-state index in [9.17, 15) is 4.79 Å². The molecule has 31 heavy (non-hydrogen) atoms. The maximum Gasteiger partial charge on any atom is 0.231 e. The lowest BCUT2D eigenvalue weighted by molar-refractivity contribution is -0.133. The molecule has 2 heterocycles. The van der Waals surface area contributed by atoms with Crippen molar-refractivity contribution in [2.24, 2.45) is 0 Å². The highest BCUT2D eigenvalue weighted by Gasteiger charge is 2.21. The first-order valence-electron chi connectivity index (χ1n) is 10.0. The van der Waals surface area contributed by atoms with Gasteiger partial charge in [-0.15, -0.1) is 12.4 Å². The molecule has 4 rings (SSSR count). The Balaban J connectivity index is 0.00000272. The molecule has 0 saturated carbocycles. The number of halogens is 3. The molecule has 1 saturated heterocycles. The van der Waals surface area contributed by atoms with Crippen LogP contribution >= 0.6 is 35.6 Å². The van der Waals surface area contributed by atoms with Gasteiger partial charge in [0.25, 0.3) is 0 Å². The first kappa shape index (κ1) is 23.8. The molecule has 0 aromatic heterocycles. The fourth-order valence-electron chi connectivity index (χ4n) is 3.61. The highest BCUT2D eigenvalue weighted by molar-refractivity contribution is 6.35. The smallest absolute Gasteiger partial charge is 0.231 e. The summed E-state index contributed by atoms with van der Waals surface area (Å²) in [5.74, 6) is 2.37. The third-order valence-electron chi connectivity index (χ3n) is 5.25. The van der Waals surface area contributed by atoms with Crippen molar-refractivity contribution in [1.29, 1.82) is 0 Å². The lowest BCUT2D eigenvalue weighted by Gasteiger charge is -2.34. The van der Waals surface area contributed by atoms with Gasteiger partial charge in [-0.3, -0.25) is 9.69 Å². The predicted octanol–water partition coefficient (Wildman–Crippen LogP) is 4.65. The standard InChI is InChI=1S/C22H24Cl2N2O4.ClH/c23-17-4-6-19(18(24)13-17)28-11-1-2-22(27)26-9-7-25(8-10-26)14-16-3-5-20-21(12-16)30-15-29-20;/h3-6,12-13H,1-2,7-11,14-15H2;1H. The molecule has 9 heteroatoms. The van der Waals surface area contributed by atoms with Gasteiger partial charge in [0.15, 0.2) is 11.5 Å². The van der Waals surface area contributed by atoms with E-state index >= 15 is 0 Å². The topological polar surface area (TPSA) is 51.2 Å². The van der Waals surface area contributed by atoms with Crippen LogP contribution in [0.15, 0.2) is 36.4 Å². The van der Waals surface area contributed by atoms with Gasteiger partial charge in [-0.1, -0.05) is 29.3 Å². The summed E-state index contributed by atoms with van der Waals surface area (Å²) in [5.41, 5.74) is 1.19. The van der Waals surface area contributed by atoms with E-state index in [4.69, 9.17) is 37.4 Å². The van der Waals surface area contributed by atoms with Crippen molar-refractivity contribution in [1.82, 2.24) is 9.80 Å². The molecular formula is C22H25Cl3N2O4. The zero-order valence-corrected chi connectivity index (χ0v) is 19.3. The summed E-state index contributed by atoms with van der Waals surface area (Å²) >= 11 is 12.0. The van der Waals surface area contributed by atoms with Gasteiger partial charge in [0.2, 0.25) is 12.7 Å². The van der Waals surface area contributed by atoms with Gasteiger partial charge in [-0.25, -0.2) is 0 Å². The van der Waals surface area contributed by atoms with Crippen LogP contribution in [0, 0.1) is 0 Å². The number of fused-ring (bicyclic) bond motifs is 1. The van der Waals surface area contributed by atoms with Gasteiger partial charge >= 0.3 is 0 Å². The Hall–Kier alpha value is -1.86. The Morgan fingerprint density at radius 2 is 1.77 bits per heavy atom. The average molecular weight is 488 g/mol. The Morgan fingerprint density at radius 3 is 2.55 bits per heavy atom. The van der Waals surface area contributed by atoms with Crippen LogP contribution in [-0.2, 0) is 11.3 Å². The van der Waals surface area contributed by atoms with Crippen LogP contribution in [0.1, 0.15) is 18.4 Å². The number of nitrogens with zero attached hydrogens (tertiary/aromatic N) is 2. The largest absolute Gasteiger partial charge is 0.492 e. The average Bonchev–Trinajstić information content (AvgIpc) is 3.21. The highest BCUT2D eigenvalue weighted by atomic mass is 35.5. The van der Waals surface area contributed by atoms with Crippen LogP contribution in [-0.4, -0.2) is 55.3 Å². The first-order valence-corrected chi connectivity index (χ1v) is 10.8. The van der Waals surface area contributed by atoms with E-state index < -0.39 is 0 Å². The summed E-state index contributed by atoms with van der Waals surface area (Å²) < 4.78 is 16.5. The van der Waals surface area contributed by atoms with Crippen LogP contribution in [0.25, 0.3) is 0 Å². The van der Waals surface area contributed by atoms with Gasteiger partial charge in [-0.05, 0) is 42.3 Å². The minimum absolute atomic E-state index is 0. The maximum atomic E-state index is 12.5. The summed E-state index contributed by atoms with van der Waals surface area (Å²) in [6.45, 7) is 4.78. The molecule has 2 aliphatic heterocycles. The molecule has 0 aliphatic carbocycles. The quantitative estimate of drug-likeness (QED) is 0.532. The number of piperazine rings is 1. The number of ether oxygens (including phenoxy) is 3. The lowest BCUT2D eigenvalue weighted by atomic mass is 10.1. The Labute approximate surface area is 198 Å². The summed E-state index contributed by atoms with van der Waals surface area (Å²) in [7, 11) is 0. The van der Waals surface area contributed by atoms with Crippen molar-refractivity contribution in [3.8, 4) is 17.2 Å². The molecule has 1 fully saturated rings. The van der Waals surface area contributed by atoms with Crippen LogP contribution in [0.5, 0.6) is 17.2 Å². The molecule has 1 amide bonds. The molecule has 168 valence electrons. The number of benzene rings is 2. The molecule has 2 aromatic carbocycles. The number of amides is 1. The molecule has 6 nitrogen and oxygen atoms in total. The van der Waals surface area contributed by atoms with Gasteiger partial charge in [0.1, 0.15) is 5.75 Å². The van der Waals surface area contributed by atoms with Gasteiger partial charge < -0.3 is 19.1 Å². The van der Waals surface area contributed by atoms with E-state index in [1.165, 1.54) is 5.56 Å². The van der Waals surface area contributed by atoms with Crippen LogP contribution in [0.2, 0.25) is 10.0 Å². The van der Waals surface area contributed by atoms with Crippen LogP contribution in [0.3, 0.4) is 0 Å². The molecule has 2 aliphatic rings. The van der Waals surface area contributed by atoms with Crippen LogP contribution < -0.4 is 14.2 Å². The molecule has 0 spiro atoms. The molecule has 2 aromatic rings. The Kier molecular flexibility index (Phi) is 8.55. The summed E-state index contributed by atoms with van der Waals surface area (Å²) in [6, 6.07) is 11.2. The van der Waals surface area contributed by atoms with Crippen molar-refractivity contribution in [2.45, 2.75) is 19.4 Å². The third kappa shape index (κ3) is 6.32. The van der Waals surface area contributed by atoms with Gasteiger partial charge in [0, 0.05) is 44.2 Å². The van der Waals surface area contributed by atoms with E-state index in [0.717, 1.165) is 44.2 Å². The number of rotatable bonds is 7. The molecule has 0 radical (unpaired) electrons. The molecule has 0 bridgehead atoms. The number of carbonyl (C=O) groups is 1. The predicted molar refractivity (Wildman–Crippen MR) is 123 cm³/mol. The minimum Gasteiger partial charge on any atom is -0.492 e. The van der Waals surface area contributed by atoms with Crippen molar-refractivity contribution in [3.63, 3.8) is 0 Å². The fraction of sp³-hybridized carbons (Fsp3) is 0.409. The first-order chi connectivity index (χ1) is 14.6. The van der Waals surface area contributed by atoms with Crippen molar-refractivity contribution >= 4 is 41.5 Å². The number of hydrogen-bond acceptors (Lipinski definition) is 5. The minimum atomic E-state index is 0. The summed E-state index contributed by atoms with van der Waals surface area (Å²) in [6.07, 6.45) is 1.11. The monoisotopic (exact) mass is 486 g/mol. The number of carbonyl (C=O) groups excluding carboxylic acids is 1. The SMILES string of the molecule is Cl.O=C(CCCOc1ccc(Cl)cc1Cl)N1CCN(Cc2ccc3c(c2)OCO3)CC1. The Bertz CT molecular complexity index is 904. The molecule has 0 N–H and O–H groups in total. The van der Waals surface area contributed by atoms with Crippen molar-refractivity contribution in [2.75, 3.05) is 39.6 Å². The van der Waals surface area contributed by atoms with Crippen LogP contribution in [0.4, 0.5) is 0 Å². The second kappa shape index (κ2) is 11.1. The van der Waals surface area contributed by atoms with Gasteiger partial charge in [-0.2, -0.15) is 0 Å². The second-order valence-corrected chi connectivity index (χ2v) is 8.21. The van der Waals surface area contributed by atoms with E-state index in [1.54, 1.807) is 18.2 Å². The summed E-state index contributed by atoms with van der Waals surface area (Å²) in [5, 5.41) is 1.05. The van der Waals surface area contributed by atoms with E-state index in [1.807, 2.05) is 17.0 Å². The normalized spacial score (nSPS) is 15.5. The lowest BCUT2D eigenvalue weighted by Crippen LogP contribution is -2.48.